The molecular weight excluding hydrogens is 340 g/mol. The van der Waals surface area contributed by atoms with Crippen molar-refractivity contribution in [3.63, 3.8) is 0 Å². The Morgan fingerprint density at radius 1 is 1.15 bits per heavy atom. The third-order valence-corrected chi connectivity index (χ3v) is 4.76. The van der Waals surface area contributed by atoms with Crippen LogP contribution in [0.2, 0.25) is 0 Å². The molecule has 1 fully saturated rings. The van der Waals surface area contributed by atoms with E-state index in [1.807, 2.05) is 47.4 Å². The largest absolute Gasteiger partial charge is 0.497 e. The molecular formula is C21H24N4O2. The fourth-order valence-electron chi connectivity index (χ4n) is 3.16. The summed E-state index contributed by atoms with van der Waals surface area (Å²) in [6.45, 7) is 3.48. The lowest BCUT2D eigenvalue weighted by molar-refractivity contribution is 0.194. The van der Waals surface area contributed by atoms with Gasteiger partial charge in [-0.15, -0.1) is 0 Å². The van der Waals surface area contributed by atoms with Crippen molar-refractivity contribution in [3.8, 4) is 11.8 Å². The first-order chi connectivity index (χ1) is 13.2. The minimum absolute atomic E-state index is 0.0195. The standard InChI is InChI=1S/C21H24N4O2/c1-27-20-7-5-17(6-8-20)9-10-23-21(26)25-13-11-24(12-14-25)19-4-2-3-18(15-19)16-22/h2-8,15H,9-14H2,1H3,(H,23,26). The van der Waals surface area contributed by atoms with Crippen LogP contribution < -0.4 is 15.0 Å². The molecule has 140 valence electrons. The van der Waals surface area contributed by atoms with Gasteiger partial charge in [-0.2, -0.15) is 5.26 Å². The Hall–Kier alpha value is -3.20. The molecule has 27 heavy (non-hydrogen) atoms. The minimum Gasteiger partial charge on any atom is -0.497 e. The molecule has 3 rings (SSSR count). The number of carbonyl (C=O) groups is 1. The average Bonchev–Trinajstić information content (AvgIpc) is 2.74. The number of amides is 2. The highest BCUT2D eigenvalue weighted by atomic mass is 16.5. The number of rotatable bonds is 5. The SMILES string of the molecule is COc1ccc(CCNC(=O)N2CCN(c3cccc(C#N)c3)CC2)cc1. The van der Waals surface area contributed by atoms with E-state index in [4.69, 9.17) is 10.00 Å². The zero-order valence-electron chi connectivity index (χ0n) is 15.5. The van der Waals surface area contributed by atoms with E-state index >= 15 is 0 Å². The summed E-state index contributed by atoms with van der Waals surface area (Å²) in [7, 11) is 1.65. The highest BCUT2D eigenvalue weighted by molar-refractivity contribution is 5.74. The summed E-state index contributed by atoms with van der Waals surface area (Å²) in [5.74, 6) is 0.834. The molecule has 0 aliphatic carbocycles. The molecule has 6 heteroatoms. The van der Waals surface area contributed by atoms with Gasteiger partial charge in [0.25, 0.3) is 0 Å². The average molecular weight is 364 g/mol. The van der Waals surface area contributed by atoms with Crippen LogP contribution >= 0.6 is 0 Å². The van der Waals surface area contributed by atoms with E-state index in [1.54, 1.807) is 13.2 Å². The molecule has 1 N–H and O–H groups in total. The molecule has 1 heterocycles. The quantitative estimate of drug-likeness (QED) is 0.886. The number of hydrogen-bond donors (Lipinski definition) is 1. The second kappa shape index (κ2) is 8.95. The van der Waals surface area contributed by atoms with E-state index in [1.165, 1.54) is 5.56 Å². The molecule has 0 bridgehead atoms. The van der Waals surface area contributed by atoms with E-state index in [0.29, 0.717) is 25.2 Å². The number of ether oxygens (including phenoxy) is 1. The van der Waals surface area contributed by atoms with Gasteiger partial charge in [0.15, 0.2) is 0 Å². The molecule has 1 aliphatic rings. The van der Waals surface area contributed by atoms with Gasteiger partial charge in [-0.05, 0) is 42.3 Å². The van der Waals surface area contributed by atoms with Crippen molar-refractivity contribution in [2.24, 2.45) is 0 Å². The van der Waals surface area contributed by atoms with Crippen LogP contribution in [-0.2, 0) is 6.42 Å². The highest BCUT2D eigenvalue weighted by Gasteiger charge is 2.21. The summed E-state index contributed by atoms with van der Waals surface area (Å²) in [6.07, 6.45) is 0.788. The molecule has 6 nitrogen and oxygen atoms in total. The summed E-state index contributed by atoms with van der Waals surface area (Å²) in [4.78, 5) is 16.4. The molecule has 0 saturated carbocycles. The van der Waals surface area contributed by atoms with Crippen LogP contribution in [-0.4, -0.2) is 50.8 Å². The van der Waals surface area contributed by atoms with Gasteiger partial charge in [-0.25, -0.2) is 4.79 Å². The zero-order chi connectivity index (χ0) is 19.1. The smallest absolute Gasteiger partial charge is 0.317 e. The van der Waals surface area contributed by atoms with Gasteiger partial charge in [0, 0.05) is 38.4 Å². The van der Waals surface area contributed by atoms with Crippen LogP contribution in [0.15, 0.2) is 48.5 Å². The van der Waals surface area contributed by atoms with Crippen molar-refractivity contribution in [1.82, 2.24) is 10.2 Å². The molecule has 1 saturated heterocycles. The van der Waals surface area contributed by atoms with Crippen LogP contribution in [0.4, 0.5) is 10.5 Å². The summed E-state index contributed by atoms with van der Waals surface area (Å²) in [6, 6.07) is 17.6. The van der Waals surface area contributed by atoms with Crippen LogP contribution in [0, 0.1) is 11.3 Å². The Morgan fingerprint density at radius 2 is 1.89 bits per heavy atom. The number of nitriles is 1. The fraction of sp³-hybridized carbons (Fsp3) is 0.333. The van der Waals surface area contributed by atoms with Crippen LogP contribution in [0.3, 0.4) is 0 Å². The summed E-state index contributed by atoms with van der Waals surface area (Å²) in [5.41, 5.74) is 2.86. The zero-order valence-corrected chi connectivity index (χ0v) is 15.5. The van der Waals surface area contributed by atoms with E-state index in [9.17, 15) is 4.79 Å². The summed E-state index contributed by atoms with van der Waals surface area (Å²) >= 11 is 0. The Bertz CT molecular complexity index is 806. The van der Waals surface area contributed by atoms with E-state index in [2.05, 4.69) is 16.3 Å². The molecule has 0 unspecified atom stereocenters. The lowest BCUT2D eigenvalue weighted by Crippen LogP contribution is -2.52. The molecule has 2 aromatic carbocycles. The monoisotopic (exact) mass is 364 g/mol. The number of methoxy groups -OCH3 is 1. The van der Waals surface area contributed by atoms with Crippen LogP contribution in [0.5, 0.6) is 5.75 Å². The van der Waals surface area contributed by atoms with Crippen molar-refractivity contribution in [2.75, 3.05) is 44.7 Å². The van der Waals surface area contributed by atoms with Crippen LogP contribution in [0.25, 0.3) is 0 Å². The third-order valence-electron chi connectivity index (χ3n) is 4.76. The van der Waals surface area contributed by atoms with E-state index in [-0.39, 0.29) is 6.03 Å². The number of carbonyl (C=O) groups excluding carboxylic acids is 1. The van der Waals surface area contributed by atoms with Crippen molar-refractivity contribution < 1.29 is 9.53 Å². The predicted molar refractivity (Wildman–Crippen MR) is 105 cm³/mol. The van der Waals surface area contributed by atoms with Gasteiger partial charge < -0.3 is 19.9 Å². The normalized spacial score (nSPS) is 13.8. The summed E-state index contributed by atoms with van der Waals surface area (Å²) in [5, 5.41) is 12.0. The highest BCUT2D eigenvalue weighted by Crippen LogP contribution is 2.18. The topological polar surface area (TPSA) is 68.6 Å². The van der Waals surface area contributed by atoms with Gasteiger partial charge in [0.2, 0.25) is 0 Å². The first-order valence-corrected chi connectivity index (χ1v) is 9.10. The van der Waals surface area contributed by atoms with E-state index in [0.717, 1.165) is 30.9 Å². The van der Waals surface area contributed by atoms with Gasteiger partial charge in [0.05, 0.1) is 18.7 Å². The number of anilines is 1. The lowest BCUT2D eigenvalue weighted by Gasteiger charge is -2.36. The van der Waals surface area contributed by atoms with Gasteiger partial charge in [0.1, 0.15) is 5.75 Å². The lowest BCUT2D eigenvalue weighted by atomic mass is 10.1. The first kappa shape index (κ1) is 18.6. The molecule has 2 amide bonds. The number of nitrogens with zero attached hydrogens (tertiary/aromatic N) is 3. The molecule has 0 spiro atoms. The van der Waals surface area contributed by atoms with Gasteiger partial charge in [-0.3, -0.25) is 0 Å². The number of piperazine rings is 1. The second-order valence-corrected chi connectivity index (χ2v) is 6.47. The van der Waals surface area contributed by atoms with Crippen molar-refractivity contribution in [3.05, 3.63) is 59.7 Å². The Morgan fingerprint density at radius 3 is 2.56 bits per heavy atom. The van der Waals surface area contributed by atoms with Crippen molar-refractivity contribution in [2.45, 2.75) is 6.42 Å². The maximum absolute atomic E-state index is 12.4. The Kier molecular flexibility index (Phi) is 6.16. The third kappa shape index (κ3) is 4.91. The number of nitrogens with one attached hydrogen (secondary N) is 1. The number of hydrogen-bond acceptors (Lipinski definition) is 4. The second-order valence-electron chi connectivity index (χ2n) is 6.47. The van der Waals surface area contributed by atoms with Gasteiger partial charge in [-0.1, -0.05) is 18.2 Å². The first-order valence-electron chi connectivity index (χ1n) is 9.10. The fourth-order valence-corrected chi connectivity index (χ4v) is 3.16. The molecule has 0 radical (unpaired) electrons. The number of urea groups is 1. The molecule has 1 aliphatic heterocycles. The molecule has 0 atom stereocenters. The van der Waals surface area contributed by atoms with Crippen molar-refractivity contribution >= 4 is 11.7 Å². The molecule has 2 aromatic rings. The maximum Gasteiger partial charge on any atom is 0.317 e. The predicted octanol–water partition coefficient (Wildman–Crippen LogP) is 2.64. The van der Waals surface area contributed by atoms with Gasteiger partial charge >= 0.3 is 6.03 Å². The van der Waals surface area contributed by atoms with Crippen LogP contribution in [0.1, 0.15) is 11.1 Å². The van der Waals surface area contributed by atoms with E-state index < -0.39 is 0 Å². The molecule has 0 aromatic heterocycles. The minimum atomic E-state index is -0.0195. The maximum atomic E-state index is 12.4. The Balaban J connectivity index is 1.43. The Labute approximate surface area is 160 Å². The van der Waals surface area contributed by atoms with Crippen molar-refractivity contribution in [1.29, 1.82) is 5.26 Å². The number of benzene rings is 2. The summed E-state index contributed by atoms with van der Waals surface area (Å²) < 4.78 is 5.15.